The molecular formula is C11H16ClN3O2. The molecule has 0 aliphatic heterocycles. The van der Waals surface area contributed by atoms with Gasteiger partial charge in [0.05, 0.1) is 12.3 Å². The van der Waals surface area contributed by atoms with Crippen molar-refractivity contribution in [2.75, 3.05) is 25.5 Å². The lowest BCUT2D eigenvalue weighted by Crippen LogP contribution is -2.24. The second kappa shape index (κ2) is 6.98. The van der Waals surface area contributed by atoms with Gasteiger partial charge in [0.1, 0.15) is 5.75 Å². The zero-order valence-corrected chi connectivity index (χ0v) is 10.4. The molecule has 0 radical (unpaired) electrons. The number of hydrogen-bond acceptors (Lipinski definition) is 3. The van der Waals surface area contributed by atoms with Gasteiger partial charge in [0, 0.05) is 12.1 Å². The summed E-state index contributed by atoms with van der Waals surface area (Å²) in [5, 5.41) is 5.63. The van der Waals surface area contributed by atoms with E-state index in [0.29, 0.717) is 29.6 Å². The second-order valence-corrected chi connectivity index (χ2v) is 3.77. The van der Waals surface area contributed by atoms with Crippen LogP contribution in [0, 0.1) is 0 Å². The number of nitrogens with one attached hydrogen (secondary N) is 2. The predicted octanol–water partition coefficient (Wildman–Crippen LogP) is 1.82. The molecule has 0 bridgehead atoms. The number of urea groups is 1. The van der Waals surface area contributed by atoms with Crippen molar-refractivity contribution in [2.45, 2.75) is 6.42 Å². The van der Waals surface area contributed by atoms with Crippen molar-refractivity contribution in [3.05, 3.63) is 23.2 Å². The quantitative estimate of drug-likeness (QED) is 0.704. The van der Waals surface area contributed by atoms with Gasteiger partial charge in [-0.3, -0.25) is 0 Å². The number of amides is 2. The minimum absolute atomic E-state index is 0.323. The highest BCUT2D eigenvalue weighted by atomic mass is 35.5. The molecule has 0 fully saturated rings. The highest BCUT2D eigenvalue weighted by Crippen LogP contribution is 2.28. The lowest BCUT2D eigenvalue weighted by Gasteiger charge is -2.12. The van der Waals surface area contributed by atoms with Crippen LogP contribution in [0.2, 0.25) is 5.02 Å². The molecule has 0 unspecified atom stereocenters. The van der Waals surface area contributed by atoms with Gasteiger partial charge in [-0.2, -0.15) is 0 Å². The van der Waals surface area contributed by atoms with E-state index in [2.05, 4.69) is 10.6 Å². The standard InChI is InChI=1S/C11H16ClN3O2/c1-14-11(16)15-9-7-8(12)3-4-10(9)17-6-2-5-13/h3-4,7H,2,5-6,13H2,1H3,(H2,14,15,16). The van der Waals surface area contributed by atoms with Crippen molar-refractivity contribution in [1.29, 1.82) is 0 Å². The van der Waals surface area contributed by atoms with Crippen molar-refractivity contribution >= 4 is 23.3 Å². The first-order chi connectivity index (χ1) is 8.17. The molecule has 6 heteroatoms. The van der Waals surface area contributed by atoms with E-state index in [1.165, 1.54) is 7.05 Å². The maximum Gasteiger partial charge on any atom is 0.319 e. The van der Waals surface area contributed by atoms with Crippen molar-refractivity contribution < 1.29 is 9.53 Å². The fourth-order valence-electron chi connectivity index (χ4n) is 1.18. The minimum Gasteiger partial charge on any atom is -0.491 e. The smallest absolute Gasteiger partial charge is 0.319 e. The van der Waals surface area contributed by atoms with Crippen molar-refractivity contribution in [3.8, 4) is 5.75 Å². The summed E-state index contributed by atoms with van der Waals surface area (Å²) in [5.74, 6) is 0.575. The van der Waals surface area contributed by atoms with Gasteiger partial charge in [-0.25, -0.2) is 4.79 Å². The van der Waals surface area contributed by atoms with E-state index < -0.39 is 0 Å². The Balaban J connectivity index is 2.76. The molecular weight excluding hydrogens is 242 g/mol. The molecule has 1 aromatic carbocycles. The van der Waals surface area contributed by atoms with Crippen LogP contribution in [0.3, 0.4) is 0 Å². The molecule has 4 N–H and O–H groups in total. The summed E-state index contributed by atoms with van der Waals surface area (Å²) in [6.07, 6.45) is 0.752. The van der Waals surface area contributed by atoms with Crippen LogP contribution in [-0.4, -0.2) is 26.2 Å². The Morgan fingerprint density at radius 2 is 2.29 bits per heavy atom. The minimum atomic E-state index is -0.323. The Labute approximate surface area is 105 Å². The number of ether oxygens (including phenoxy) is 1. The third-order valence-electron chi connectivity index (χ3n) is 2.02. The van der Waals surface area contributed by atoms with Crippen molar-refractivity contribution in [2.24, 2.45) is 5.73 Å². The summed E-state index contributed by atoms with van der Waals surface area (Å²) in [7, 11) is 1.54. The first-order valence-electron chi connectivity index (χ1n) is 5.28. The van der Waals surface area contributed by atoms with Gasteiger partial charge in [-0.15, -0.1) is 0 Å². The molecule has 5 nitrogen and oxygen atoms in total. The fraction of sp³-hybridized carbons (Fsp3) is 0.364. The van der Waals surface area contributed by atoms with E-state index in [4.69, 9.17) is 22.1 Å². The summed E-state index contributed by atoms with van der Waals surface area (Å²) in [6.45, 7) is 1.06. The van der Waals surface area contributed by atoms with E-state index in [1.807, 2.05) is 0 Å². The van der Waals surface area contributed by atoms with Crippen LogP contribution in [0.4, 0.5) is 10.5 Å². The summed E-state index contributed by atoms with van der Waals surface area (Å²) in [6, 6.07) is 4.73. The van der Waals surface area contributed by atoms with E-state index in [0.717, 1.165) is 6.42 Å². The number of rotatable bonds is 5. The summed E-state index contributed by atoms with van der Waals surface area (Å²) in [5.41, 5.74) is 5.91. The Hall–Kier alpha value is -1.46. The lowest BCUT2D eigenvalue weighted by molar-refractivity contribution is 0.253. The topological polar surface area (TPSA) is 76.4 Å². The first-order valence-corrected chi connectivity index (χ1v) is 5.66. The normalized spacial score (nSPS) is 9.82. The summed E-state index contributed by atoms with van der Waals surface area (Å²) < 4.78 is 5.50. The molecule has 0 saturated carbocycles. The maximum atomic E-state index is 11.2. The van der Waals surface area contributed by atoms with Crippen LogP contribution < -0.4 is 21.1 Å². The SMILES string of the molecule is CNC(=O)Nc1cc(Cl)ccc1OCCCN. The van der Waals surface area contributed by atoms with Crippen LogP contribution in [-0.2, 0) is 0 Å². The summed E-state index contributed by atoms with van der Waals surface area (Å²) in [4.78, 5) is 11.2. The molecule has 0 atom stereocenters. The largest absolute Gasteiger partial charge is 0.491 e. The molecule has 17 heavy (non-hydrogen) atoms. The number of carbonyl (C=O) groups excluding carboxylic acids is 1. The number of anilines is 1. The molecule has 1 aromatic rings. The van der Waals surface area contributed by atoms with Gasteiger partial charge in [0.25, 0.3) is 0 Å². The van der Waals surface area contributed by atoms with Crippen LogP contribution >= 0.6 is 11.6 Å². The Bertz CT molecular complexity index is 385. The van der Waals surface area contributed by atoms with E-state index in [-0.39, 0.29) is 6.03 Å². The van der Waals surface area contributed by atoms with E-state index in [9.17, 15) is 4.79 Å². The van der Waals surface area contributed by atoms with Gasteiger partial charge in [0.2, 0.25) is 0 Å². The molecule has 0 saturated heterocycles. The van der Waals surface area contributed by atoms with Gasteiger partial charge in [0.15, 0.2) is 0 Å². The average molecular weight is 258 g/mol. The first kappa shape index (κ1) is 13.6. The zero-order valence-electron chi connectivity index (χ0n) is 9.63. The van der Waals surface area contributed by atoms with Gasteiger partial charge in [-0.1, -0.05) is 11.6 Å². The highest BCUT2D eigenvalue weighted by Gasteiger charge is 2.07. The molecule has 1 rings (SSSR count). The van der Waals surface area contributed by atoms with Gasteiger partial charge in [-0.05, 0) is 31.2 Å². The van der Waals surface area contributed by atoms with E-state index >= 15 is 0 Å². The monoisotopic (exact) mass is 257 g/mol. The van der Waals surface area contributed by atoms with Crippen LogP contribution in [0.25, 0.3) is 0 Å². The maximum absolute atomic E-state index is 11.2. The van der Waals surface area contributed by atoms with Crippen molar-refractivity contribution in [1.82, 2.24) is 5.32 Å². The third-order valence-corrected chi connectivity index (χ3v) is 2.26. The fourth-order valence-corrected chi connectivity index (χ4v) is 1.35. The molecule has 0 heterocycles. The second-order valence-electron chi connectivity index (χ2n) is 3.34. The van der Waals surface area contributed by atoms with Gasteiger partial charge >= 0.3 is 6.03 Å². The van der Waals surface area contributed by atoms with E-state index in [1.54, 1.807) is 18.2 Å². The highest BCUT2D eigenvalue weighted by molar-refractivity contribution is 6.31. The molecule has 2 amide bonds. The Morgan fingerprint density at radius 3 is 2.94 bits per heavy atom. The third kappa shape index (κ3) is 4.50. The Morgan fingerprint density at radius 1 is 1.53 bits per heavy atom. The number of carbonyl (C=O) groups is 1. The van der Waals surface area contributed by atoms with Crippen LogP contribution in [0.5, 0.6) is 5.75 Å². The number of benzene rings is 1. The Kier molecular flexibility index (Phi) is 5.59. The number of nitrogens with two attached hydrogens (primary N) is 1. The number of hydrogen-bond donors (Lipinski definition) is 3. The number of halogens is 1. The summed E-state index contributed by atoms with van der Waals surface area (Å²) >= 11 is 5.86. The average Bonchev–Trinajstić information content (AvgIpc) is 2.32. The van der Waals surface area contributed by atoms with Gasteiger partial charge < -0.3 is 21.1 Å². The van der Waals surface area contributed by atoms with Crippen LogP contribution in [0.1, 0.15) is 6.42 Å². The zero-order chi connectivity index (χ0) is 12.7. The van der Waals surface area contributed by atoms with Crippen LogP contribution in [0.15, 0.2) is 18.2 Å². The molecule has 0 aliphatic rings. The molecule has 0 aromatic heterocycles. The molecule has 0 spiro atoms. The molecule has 94 valence electrons. The van der Waals surface area contributed by atoms with Crippen molar-refractivity contribution in [3.63, 3.8) is 0 Å². The predicted molar refractivity (Wildman–Crippen MR) is 68.7 cm³/mol. The lowest BCUT2D eigenvalue weighted by atomic mass is 10.3. The molecule has 0 aliphatic carbocycles.